The van der Waals surface area contributed by atoms with Crippen molar-refractivity contribution in [3.8, 4) is 0 Å². The molecule has 30 heavy (non-hydrogen) atoms. The highest BCUT2D eigenvalue weighted by atomic mass is 35.5. The maximum Gasteiger partial charge on any atom is 0.332 e. The average molecular weight is 452 g/mol. The zero-order valence-corrected chi connectivity index (χ0v) is 18.5. The number of fused-ring (bicyclic) bond motifs is 1. The maximum absolute atomic E-state index is 13.0. The molecule has 1 aromatic carbocycles. The lowest BCUT2D eigenvalue weighted by Crippen LogP contribution is -2.47. The van der Waals surface area contributed by atoms with Crippen molar-refractivity contribution in [2.75, 3.05) is 38.7 Å². The van der Waals surface area contributed by atoms with Crippen LogP contribution in [0.25, 0.3) is 11.2 Å². The number of aromatic nitrogens is 4. The van der Waals surface area contributed by atoms with Crippen molar-refractivity contribution in [3.05, 3.63) is 54.6 Å². The molecule has 0 radical (unpaired) electrons. The number of nitrogens with zero attached hydrogens (tertiary/aromatic N) is 6. The van der Waals surface area contributed by atoms with E-state index in [1.165, 1.54) is 11.6 Å². The van der Waals surface area contributed by atoms with Gasteiger partial charge in [-0.25, -0.2) is 9.80 Å². The Morgan fingerprint density at radius 1 is 1.03 bits per heavy atom. The lowest BCUT2D eigenvalue weighted by molar-refractivity contribution is 0.177. The molecule has 4 rings (SSSR count). The Morgan fingerprint density at radius 3 is 2.40 bits per heavy atom. The first-order chi connectivity index (χ1) is 14.3. The lowest BCUT2D eigenvalue weighted by atomic mass is 10.2. The van der Waals surface area contributed by atoms with Crippen LogP contribution in [0.4, 0.5) is 5.95 Å². The molecule has 0 bridgehead atoms. The molecule has 0 amide bonds. The summed E-state index contributed by atoms with van der Waals surface area (Å²) in [6.45, 7) is 3.74. The molecule has 2 aromatic heterocycles. The van der Waals surface area contributed by atoms with E-state index in [2.05, 4.69) is 27.4 Å². The van der Waals surface area contributed by atoms with E-state index >= 15 is 0 Å². The minimum Gasteiger partial charge on any atom is -0.304 e. The molecule has 9 nitrogen and oxygen atoms in total. The smallest absolute Gasteiger partial charge is 0.304 e. The van der Waals surface area contributed by atoms with Crippen LogP contribution < -0.4 is 16.7 Å². The van der Waals surface area contributed by atoms with Crippen LogP contribution in [0.3, 0.4) is 0 Å². The molecule has 3 aromatic rings. The van der Waals surface area contributed by atoms with E-state index < -0.39 is 11.2 Å². The van der Waals surface area contributed by atoms with Gasteiger partial charge in [-0.1, -0.05) is 29.3 Å². The Kier molecular flexibility index (Phi) is 5.63. The van der Waals surface area contributed by atoms with Gasteiger partial charge in [0.2, 0.25) is 5.95 Å². The number of likely N-dealkylation sites (N-methyl/N-ethyl adjacent to an activating group) is 1. The van der Waals surface area contributed by atoms with Gasteiger partial charge in [0.25, 0.3) is 5.56 Å². The first-order valence-corrected chi connectivity index (χ1v) is 10.3. The molecule has 1 aliphatic heterocycles. The van der Waals surface area contributed by atoms with E-state index in [1.54, 1.807) is 23.7 Å². The minimum atomic E-state index is -0.423. The largest absolute Gasteiger partial charge is 0.332 e. The van der Waals surface area contributed by atoms with Crippen LogP contribution in [0.1, 0.15) is 5.56 Å². The van der Waals surface area contributed by atoms with Crippen LogP contribution in [0.15, 0.2) is 27.8 Å². The fraction of sp³-hybridized carbons (Fsp3) is 0.421. The molecule has 1 fully saturated rings. The van der Waals surface area contributed by atoms with Crippen molar-refractivity contribution in [3.63, 3.8) is 0 Å². The van der Waals surface area contributed by atoms with Crippen molar-refractivity contribution in [2.45, 2.75) is 6.54 Å². The van der Waals surface area contributed by atoms with E-state index in [4.69, 9.17) is 23.2 Å². The quantitative estimate of drug-likeness (QED) is 0.644. The van der Waals surface area contributed by atoms with Crippen LogP contribution in [-0.4, -0.2) is 61.8 Å². The Bertz CT molecular complexity index is 1220. The second-order valence-electron chi connectivity index (χ2n) is 7.54. The SMILES string of the molecule is CN1CCN(Nc2nc3c(c(=O)n(C)c(=O)n3C)n2Cc2ccc(Cl)cc2Cl)CC1. The van der Waals surface area contributed by atoms with E-state index in [0.29, 0.717) is 33.7 Å². The monoisotopic (exact) mass is 451 g/mol. The van der Waals surface area contributed by atoms with Gasteiger partial charge in [-0.3, -0.25) is 23.9 Å². The molecule has 3 heterocycles. The predicted molar refractivity (Wildman–Crippen MR) is 118 cm³/mol. The fourth-order valence-electron chi connectivity index (χ4n) is 3.57. The molecule has 1 N–H and O–H groups in total. The Balaban J connectivity index is 1.86. The summed E-state index contributed by atoms with van der Waals surface area (Å²) in [5.74, 6) is 0.485. The third-order valence-electron chi connectivity index (χ3n) is 5.45. The van der Waals surface area contributed by atoms with Crippen LogP contribution in [-0.2, 0) is 20.6 Å². The topological polar surface area (TPSA) is 80.3 Å². The average Bonchev–Trinajstić information content (AvgIpc) is 3.06. The van der Waals surface area contributed by atoms with Gasteiger partial charge in [-0.15, -0.1) is 0 Å². The van der Waals surface area contributed by atoms with Crippen molar-refractivity contribution in [1.29, 1.82) is 0 Å². The molecule has 0 aliphatic carbocycles. The maximum atomic E-state index is 13.0. The summed E-state index contributed by atoms with van der Waals surface area (Å²) in [6.07, 6.45) is 0. The number of benzene rings is 1. The van der Waals surface area contributed by atoms with Gasteiger partial charge in [-0.2, -0.15) is 4.98 Å². The Hall–Kier alpha value is -2.33. The summed E-state index contributed by atoms with van der Waals surface area (Å²) in [5.41, 5.74) is 3.95. The van der Waals surface area contributed by atoms with Gasteiger partial charge in [-0.05, 0) is 24.7 Å². The fourth-order valence-corrected chi connectivity index (χ4v) is 4.03. The Morgan fingerprint density at radius 2 is 1.73 bits per heavy atom. The summed E-state index contributed by atoms with van der Waals surface area (Å²) >= 11 is 12.4. The van der Waals surface area contributed by atoms with E-state index in [-0.39, 0.29) is 0 Å². The highest BCUT2D eigenvalue weighted by molar-refractivity contribution is 6.35. The normalized spacial score (nSPS) is 15.8. The number of hydrogen-bond donors (Lipinski definition) is 1. The van der Waals surface area contributed by atoms with E-state index in [1.807, 2.05) is 6.07 Å². The number of piperazine rings is 1. The Labute approximate surface area is 183 Å². The number of imidazole rings is 1. The van der Waals surface area contributed by atoms with E-state index in [0.717, 1.165) is 36.3 Å². The van der Waals surface area contributed by atoms with Crippen molar-refractivity contribution < 1.29 is 0 Å². The van der Waals surface area contributed by atoms with Crippen LogP contribution in [0.2, 0.25) is 10.0 Å². The first-order valence-electron chi connectivity index (χ1n) is 9.56. The van der Waals surface area contributed by atoms with Gasteiger partial charge >= 0.3 is 5.69 Å². The summed E-state index contributed by atoms with van der Waals surface area (Å²) < 4.78 is 4.24. The molecule has 1 saturated heterocycles. The number of halogens is 2. The van der Waals surface area contributed by atoms with Gasteiger partial charge in [0.1, 0.15) is 0 Å². The first kappa shape index (κ1) is 20.9. The molecule has 11 heteroatoms. The molecule has 1 aliphatic rings. The van der Waals surface area contributed by atoms with Crippen molar-refractivity contribution >= 4 is 40.3 Å². The second-order valence-corrected chi connectivity index (χ2v) is 8.38. The number of aryl methyl sites for hydroxylation is 1. The van der Waals surface area contributed by atoms with Crippen LogP contribution in [0, 0.1) is 0 Å². The zero-order chi connectivity index (χ0) is 21.6. The minimum absolute atomic E-state index is 0.302. The van der Waals surface area contributed by atoms with Crippen molar-refractivity contribution in [2.24, 2.45) is 14.1 Å². The molecular formula is C19H23Cl2N7O2. The van der Waals surface area contributed by atoms with Crippen LogP contribution >= 0.6 is 23.2 Å². The predicted octanol–water partition coefficient (Wildman–Crippen LogP) is 1.36. The third kappa shape index (κ3) is 3.74. The number of anilines is 1. The number of hydrogen-bond acceptors (Lipinski definition) is 6. The molecule has 0 saturated carbocycles. The van der Waals surface area contributed by atoms with E-state index in [9.17, 15) is 9.59 Å². The molecule has 0 atom stereocenters. The highest BCUT2D eigenvalue weighted by Crippen LogP contribution is 2.25. The lowest BCUT2D eigenvalue weighted by Gasteiger charge is -2.32. The summed E-state index contributed by atoms with van der Waals surface area (Å²) in [5, 5.41) is 3.09. The molecule has 160 valence electrons. The molecule has 0 spiro atoms. The standard InChI is InChI=1S/C19H23Cl2N7O2/c1-24-6-8-27(9-7-24)23-18-22-16-15(17(29)26(3)19(30)25(16)2)28(18)11-12-4-5-13(20)10-14(12)21/h4-5,10H,6-9,11H2,1-3H3,(H,22,23). The zero-order valence-electron chi connectivity index (χ0n) is 17.0. The molecular weight excluding hydrogens is 429 g/mol. The van der Waals surface area contributed by atoms with Crippen molar-refractivity contribution in [1.82, 2.24) is 28.6 Å². The number of rotatable bonds is 4. The molecule has 0 unspecified atom stereocenters. The summed E-state index contributed by atoms with van der Waals surface area (Å²) in [6, 6.07) is 5.24. The number of hydrazine groups is 1. The number of nitrogens with one attached hydrogen (secondary N) is 1. The van der Waals surface area contributed by atoms with Crippen LogP contribution in [0.5, 0.6) is 0 Å². The van der Waals surface area contributed by atoms with Gasteiger partial charge < -0.3 is 4.90 Å². The summed E-state index contributed by atoms with van der Waals surface area (Å²) in [4.78, 5) is 32.2. The highest BCUT2D eigenvalue weighted by Gasteiger charge is 2.22. The second kappa shape index (κ2) is 8.07. The summed E-state index contributed by atoms with van der Waals surface area (Å²) in [7, 11) is 5.15. The van der Waals surface area contributed by atoms with Gasteiger partial charge in [0.15, 0.2) is 11.2 Å². The third-order valence-corrected chi connectivity index (χ3v) is 6.04. The van der Waals surface area contributed by atoms with Gasteiger partial charge in [0.05, 0.1) is 6.54 Å². The van der Waals surface area contributed by atoms with Gasteiger partial charge in [0, 0.05) is 50.3 Å².